The van der Waals surface area contributed by atoms with E-state index >= 15 is 0 Å². The first-order valence-electron chi connectivity index (χ1n) is 6.08. The van der Waals surface area contributed by atoms with Gasteiger partial charge in [0, 0.05) is 24.8 Å². The van der Waals surface area contributed by atoms with Crippen LogP contribution in [0.4, 0.5) is 0 Å². The average molecular weight is 238 g/mol. The summed E-state index contributed by atoms with van der Waals surface area (Å²) >= 11 is 0. The van der Waals surface area contributed by atoms with Crippen molar-refractivity contribution in [2.24, 2.45) is 12.8 Å². The third kappa shape index (κ3) is 3.06. The fourth-order valence-corrected chi connectivity index (χ4v) is 1.93. The maximum Gasteiger partial charge on any atom is 0.236 e. The number of rotatable bonds is 5. The van der Waals surface area contributed by atoms with Crippen molar-refractivity contribution in [1.29, 1.82) is 0 Å². The topological polar surface area (TPSA) is 72.9 Å². The van der Waals surface area contributed by atoms with Gasteiger partial charge in [0.1, 0.15) is 0 Å². The fourth-order valence-electron chi connectivity index (χ4n) is 1.93. The molecule has 96 valence electrons. The lowest BCUT2D eigenvalue weighted by Crippen LogP contribution is -2.38. The zero-order valence-corrected chi connectivity index (χ0v) is 11.1. The van der Waals surface area contributed by atoms with Crippen LogP contribution >= 0.6 is 0 Å². The molecule has 5 heteroatoms. The summed E-state index contributed by atoms with van der Waals surface area (Å²) in [4.78, 5) is 11.5. The molecular formula is C12H22N4O. The molecule has 0 bridgehead atoms. The number of carbonyl (C=O) groups is 1. The number of amides is 1. The van der Waals surface area contributed by atoms with Crippen LogP contribution in [0.5, 0.6) is 0 Å². The van der Waals surface area contributed by atoms with Crippen LogP contribution in [0, 0.1) is 0 Å². The number of aryl methyl sites for hydroxylation is 2. The van der Waals surface area contributed by atoms with Gasteiger partial charge in [-0.1, -0.05) is 13.8 Å². The van der Waals surface area contributed by atoms with Crippen LogP contribution in [0.3, 0.4) is 0 Å². The Kier molecular flexibility index (Phi) is 4.69. The van der Waals surface area contributed by atoms with Gasteiger partial charge in [0.2, 0.25) is 5.91 Å². The molecule has 1 amide bonds. The Morgan fingerprint density at radius 2 is 2.12 bits per heavy atom. The normalized spacial score (nSPS) is 12.5. The van der Waals surface area contributed by atoms with Crippen LogP contribution in [0.15, 0.2) is 0 Å². The summed E-state index contributed by atoms with van der Waals surface area (Å²) in [7, 11) is 1.94. The van der Waals surface area contributed by atoms with Crippen LogP contribution in [-0.2, 0) is 31.2 Å². The minimum atomic E-state index is -0.471. The summed E-state index contributed by atoms with van der Waals surface area (Å²) in [6.45, 7) is 6.35. The van der Waals surface area contributed by atoms with Gasteiger partial charge >= 0.3 is 0 Å². The molecule has 0 aliphatic carbocycles. The number of nitrogens with two attached hydrogens (primary N) is 1. The Morgan fingerprint density at radius 1 is 1.47 bits per heavy atom. The molecule has 0 spiro atoms. The molecule has 0 saturated heterocycles. The molecule has 1 atom stereocenters. The van der Waals surface area contributed by atoms with Gasteiger partial charge in [-0.3, -0.25) is 9.48 Å². The van der Waals surface area contributed by atoms with Crippen molar-refractivity contribution in [2.75, 3.05) is 0 Å². The van der Waals surface area contributed by atoms with Crippen LogP contribution in [0.1, 0.15) is 37.7 Å². The highest BCUT2D eigenvalue weighted by atomic mass is 16.2. The second-order valence-electron chi connectivity index (χ2n) is 4.21. The first-order chi connectivity index (χ1) is 8.01. The third-order valence-electron chi connectivity index (χ3n) is 2.88. The van der Waals surface area contributed by atoms with E-state index in [0.29, 0.717) is 6.54 Å². The van der Waals surface area contributed by atoms with E-state index in [-0.39, 0.29) is 5.91 Å². The number of nitrogens with one attached hydrogen (secondary N) is 1. The Balaban J connectivity index is 2.85. The van der Waals surface area contributed by atoms with E-state index in [1.165, 1.54) is 5.69 Å². The van der Waals surface area contributed by atoms with E-state index in [1.807, 2.05) is 11.7 Å². The number of hydrogen-bond acceptors (Lipinski definition) is 3. The van der Waals surface area contributed by atoms with Gasteiger partial charge in [-0.05, 0) is 19.8 Å². The number of carbonyl (C=O) groups excluding carboxylic acids is 1. The van der Waals surface area contributed by atoms with Crippen molar-refractivity contribution >= 4 is 5.91 Å². The lowest BCUT2D eigenvalue weighted by Gasteiger charge is -2.09. The molecule has 0 unspecified atom stereocenters. The van der Waals surface area contributed by atoms with E-state index in [2.05, 4.69) is 24.3 Å². The number of aromatic nitrogens is 2. The van der Waals surface area contributed by atoms with Crippen LogP contribution in [-0.4, -0.2) is 21.7 Å². The average Bonchev–Trinajstić information content (AvgIpc) is 2.61. The summed E-state index contributed by atoms with van der Waals surface area (Å²) in [5.41, 5.74) is 8.87. The summed E-state index contributed by atoms with van der Waals surface area (Å²) < 4.78 is 1.90. The van der Waals surface area contributed by atoms with Crippen molar-refractivity contribution in [3.8, 4) is 0 Å². The van der Waals surface area contributed by atoms with Crippen LogP contribution < -0.4 is 11.1 Å². The Morgan fingerprint density at radius 3 is 2.59 bits per heavy atom. The van der Waals surface area contributed by atoms with Gasteiger partial charge in [0.25, 0.3) is 0 Å². The fraction of sp³-hybridized carbons (Fsp3) is 0.667. The SMILES string of the molecule is CCc1nn(C)c(CC)c1CNC(=O)[C@@H](C)N. The van der Waals surface area contributed by atoms with E-state index < -0.39 is 6.04 Å². The summed E-state index contributed by atoms with van der Waals surface area (Å²) in [6.07, 6.45) is 1.78. The van der Waals surface area contributed by atoms with Crippen molar-refractivity contribution in [3.05, 3.63) is 17.0 Å². The van der Waals surface area contributed by atoms with Crippen LogP contribution in [0.2, 0.25) is 0 Å². The number of nitrogens with zero attached hydrogens (tertiary/aromatic N) is 2. The lowest BCUT2D eigenvalue weighted by atomic mass is 10.1. The zero-order chi connectivity index (χ0) is 13.0. The highest BCUT2D eigenvalue weighted by molar-refractivity contribution is 5.80. The number of hydrogen-bond donors (Lipinski definition) is 2. The van der Waals surface area contributed by atoms with Crippen molar-refractivity contribution < 1.29 is 4.79 Å². The van der Waals surface area contributed by atoms with Gasteiger partial charge in [0.05, 0.1) is 11.7 Å². The zero-order valence-electron chi connectivity index (χ0n) is 11.1. The minimum absolute atomic E-state index is 0.127. The largest absolute Gasteiger partial charge is 0.351 e. The predicted octanol–water partition coefficient (Wildman–Crippen LogP) is 0.508. The smallest absolute Gasteiger partial charge is 0.236 e. The Bertz CT molecular complexity index is 395. The lowest BCUT2D eigenvalue weighted by molar-refractivity contribution is -0.122. The predicted molar refractivity (Wildman–Crippen MR) is 67.5 cm³/mol. The summed E-state index contributed by atoms with van der Waals surface area (Å²) in [5, 5.41) is 7.30. The quantitative estimate of drug-likeness (QED) is 0.785. The molecule has 0 aromatic carbocycles. The molecule has 0 saturated carbocycles. The molecule has 1 rings (SSSR count). The molecule has 5 nitrogen and oxygen atoms in total. The maximum atomic E-state index is 11.5. The van der Waals surface area contributed by atoms with E-state index in [1.54, 1.807) is 6.92 Å². The first kappa shape index (κ1) is 13.7. The first-order valence-corrected chi connectivity index (χ1v) is 6.08. The van der Waals surface area contributed by atoms with E-state index in [9.17, 15) is 4.79 Å². The summed E-state index contributed by atoms with van der Waals surface area (Å²) in [5.74, 6) is -0.127. The second-order valence-corrected chi connectivity index (χ2v) is 4.21. The summed E-state index contributed by atoms with van der Waals surface area (Å²) in [6, 6.07) is -0.471. The Labute approximate surface area is 102 Å². The molecule has 1 aromatic rings. The van der Waals surface area contributed by atoms with Gasteiger partial charge < -0.3 is 11.1 Å². The maximum absolute atomic E-state index is 11.5. The third-order valence-corrected chi connectivity index (χ3v) is 2.88. The van der Waals surface area contributed by atoms with Crippen LogP contribution in [0.25, 0.3) is 0 Å². The molecule has 0 aliphatic heterocycles. The monoisotopic (exact) mass is 238 g/mol. The van der Waals surface area contributed by atoms with Gasteiger partial charge in [-0.2, -0.15) is 5.10 Å². The van der Waals surface area contributed by atoms with Gasteiger partial charge in [-0.25, -0.2) is 0 Å². The molecule has 1 heterocycles. The standard InChI is InChI=1S/C12H22N4O/c1-5-10-9(7-14-12(17)8(3)13)11(6-2)16(4)15-10/h8H,5-7,13H2,1-4H3,(H,14,17)/t8-/m1/s1. The molecule has 17 heavy (non-hydrogen) atoms. The highest BCUT2D eigenvalue weighted by Gasteiger charge is 2.15. The van der Waals surface area contributed by atoms with E-state index in [4.69, 9.17) is 5.73 Å². The Hall–Kier alpha value is -1.36. The molecule has 0 aliphatic rings. The van der Waals surface area contributed by atoms with Gasteiger partial charge in [0.15, 0.2) is 0 Å². The molecular weight excluding hydrogens is 216 g/mol. The minimum Gasteiger partial charge on any atom is -0.351 e. The molecule has 0 radical (unpaired) electrons. The molecule has 3 N–H and O–H groups in total. The van der Waals surface area contributed by atoms with Gasteiger partial charge in [-0.15, -0.1) is 0 Å². The van der Waals surface area contributed by atoms with Crippen molar-refractivity contribution in [1.82, 2.24) is 15.1 Å². The van der Waals surface area contributed by atoms with Crippen molar-refractivity contribution in [3.63, 3.8) is 0 Å². The van der Waals surface area contributed by atoms with E-state index in [0.717, 1.165) is 24.1 Å². The van der Waals surface area contributed by atoms with Crippen molar-refractivity contribution in [2.45, 2.75) is 46.2 Å². The molecule has 0 fully saturated rings. The highest BCUT2D eigenvalue weighted by Crippen LogP contribution is 2.15. The second kappa shape index (κ2) is 5.82. The molecule has 1 aromatic heterocycles.